The van der Waals surface area contributed by atoms with Crippen molar-refractivity contribution < 1.29 is 18.7 Å². The molecule has 0 saturated heterocycles. The van der Waals surface area contributed by atoms with Gasteiger partial charge in [-0.2, -0.15) is 5.26 Å². The number of halogens is 1. The molecule has 0 radical (unpaired) electrons. The van der Waals surface area contributed by atoms with Gasteiger partial charge in [0.05, 0.1) is 26.1 Å². The van der Waals surface area contributed by atoms with Gasteiger partial charge in [-0.05, 0) is 35.9 Å². The number of amides is 1. The predicted octanol–water partition coefficient (Wildman–Crippen LogP) is 2.71. The highest BCUT2D eigenvalue weighted by molar-refractivity contribution is 5.94. The first-order valence-electron chi connectivity index (χ1n) is 7.34. The number of nitrogens with one attached hydrogen (secondary N) is 1. The molecular weight excluding hydrogens is 311 g/mol. The zero-order valence-corrected chi connectivity index (χ0v) is 13.2. The predicted molar refractivity (Wildman–Crippen MR) is 86.5 cm³/mol. The van der Waals surface area contributed by atoms with Crippen LogP contribution in [0, 0.1) is 17.1 Å². The fourth-order valence-electron chi connectivity index (χ4n) is 2.03. The van der Waals surface area contributed by atoms with Gasteiger partial charge in [0.15, 0.2) is 11.6 Å². The Bertz CT molecular complexity index is 739. The Morgan fingerprint density at radius 2 is 2.00 bits per heavy atom. The van der Waals surface area contributed by atoms with Gasteiger partial charge in [0.2, 0.25) is 0 Å². The van der Waals surface area contributed by atoms with Gasteiger partial charge in [-0.3, -0.25) is 4.79 Å². The molecule has 1 N–H and O–H groups in total. The standard InChI is InChI=1S/C18H17FN2O3/c1-23-17-12-14(4-7-16(17)19)18(22)21-10-11-24-15-5-2-13(3-6-15)8-9-20/h2-7,12H,8,10-11H2,1H3,(H,21,22). The maximum Gasteiger partial charge on any atom is 0.251 e. The Labute approximate surface area is 139 Å². The summed E-state index contributed by atoms with van der Waals surface area (Å²) in [7, 11) is 1.34. The van der Waals surface area contributed by atoms with Crippen LogP contribution in [-0.2, 0) is 6.42 Å². The molecule has 0 aliphatic rings. The van der Waals surface area contributed by atoms with E-state index in [9.17, 15) is 9.18 Å². The summed E-state index contributed by atoms with van der Waals surface area (Å²) in [6, 6.07) is 13.2. The number of hydrogen-bond acceptors (Lipinski definition) is 4. The van der Waals surface area contributed by atoms with Crippen LogP contribution in [0.1, 0.15) is 15.9 Å². The fourth-order valence-corrected chi connectivity index (χ4v) is 2.03. The van der Waals surface area contributed by atoms with Gasteiger partial charge in [-0.25, -0.2) is 4.39 Å². The molecule has 0 unspecified atom stereocenters. The van der Waals surface area contributed by atoms with E-state index >= 15 is 0 Å². The Balaban J connectivity index is 1.79. The zero-order chi connectivity index (χ0) is 17.4. The van der Waals surface area contributed by atoms with Gasteiger partial charge in [-0.15, -0.1) is 0 Å². The molecule has 1 amide bonds. The average molecular weight is 328 g/mol. The van der Waals surface area contributed by atoms with Crippen molar-refractivity contribution >= 4 is 5.91 Å². The summed E-state index contributed by atoms with van der Waals surface area (Å²) in [5, 5.41) is 11.3. The monoisotopic (exact) mass is 328 g/mol. The van der Waals surface area contributed by atoms with Crippen LogP contribution in [0.15, 0.2) is 42.5 Å². The molecule has 5 nitrogen and oxygen atoms in total. The lowest BCUT2D eigenvalue weighted by atomic mass is 10.2. The lowest BCUT2D eigenvalue weighted by Gasteiger charge is -2.09. The number of benzene rings is 2. The number of ether oxygens (including phenoxy) is 2. The summed E-state index contributed by atoms with van der Waals surface area (Å²) in [5.41, 5.74) is 1.23. The Morgan fingerprint density at radius 3 is 2.67 bits per heavy atom. The van der Waals surface area contributed by atoms with Crippen molar-refractivity contribution in [1.82, 2.24) is 5.32 Å². The van der Waals surface area contributed by atoms with E-state index in [0.717, 1.165) is 5.56 Å². The minimum Gasteiger partial charge on any atom is -0.494 e. The molecule has 0 fully saturated rings. The number of carbonyl (C=O) groups excluding carboxylic acids is 1. The molecule has 6 heteroatoms. The van der Waals surface area contributed by atoms with Crippen molar-refractivity contribution in [2.75, 3.05) is 20.3 Å². The number of methoxy groups -OCH3 is 1. The molecule has 0 aliphatic heterocycles. The van der Waals surface area contributed by atoms with Crippen molar-refractivity contribution in [2.24, 2.45) is 0 Å². The lowest BCUT2D eigenvalue weighted by Crippen LogP contribution is -2.28. The number of carbonyl (C=O) groups is 1. The quantitative estimate of drug-likeness (QED) is 0.793. The van der Waals surface area contributed by atoms with E-state index in [4.69, 9.17) is 14.7 Å². The molecule has 0 aliphatic carbocycles. The third kappa shape index (κ3) is 4.71. The number of nitrogens with zero attached hydrogens (tertiary/aromatic N) is 1. The second kappa shape index (κ2) is 8.53. The Kier molecular flexibility index (Phi) is 6.15. The molecule has 0 heterocycles. The molecule has 0 bridgehead atoms. The summed E-state index contributed by atoms with van der Waals surface area (Å²) >= 11 is 0. The van der Waals surface area contributed by atoms with Gasteiger partial charge in [0.25, 0.3) is 5.91 Å². The van der Waals surface area contributed by atoms with Crippen LogP contribution in [0.4, 0.5) is 4.39 Å². The van der Waals surface area contributed by atoms with Gasteiger partial charge in [0.1, 0.15) is 12.4 Å². The molecule has 0 spiro atoms. The summed E-state index contributed by atoms with van der Waals surface area (Å²) in [4.78, 5) is 12.0. The molecular formula is C18H17FN2O3. The Morgan fingerprint density at radius 1 is 1.25 bits per heavy atom. The molecule has 2 rings (SSSR count). The first-order chi connectivity index (χ1) is 11.6. The Hall–Kier alpha value is -3.07. The third-order valence-corrected chi connectivity index (χ3v) is 3.28. The molecule has 0 atom stereocenters. The van der Waals surface area contributed by atoms with Crippen LogP contribution in [0.3, 0.4) is 0 Å². The van der Waals surface area contributed by atoms with Crippen molar-refractivity contribution in [3.05, 3.63) is 59.4 Å². The van der Waals surface area contributed by atoms with Crippen LogP contribution < -0.4 is 14.8 Å². The molecule has 124 valence electrons. The summed E-state index contributed by atoms with van der Waals surface area (Å²) < 4.78 is 23.7. The number of hydrogen-bond donors (Lipinski definition) is 1. The highest BCUT2D eigenvalue weighted by Crippen LogP contribution is 2.18. The maximum atomic E-state index is 13.3. The SMILES string of the molecule is COc1cc(C(=O)NCCOc2ccc(CC#N)cc2)ccc1F. The maximum absolute atomic E-state index is 13.3. The van der Waals surface area contributed by atoms with Crippen LogP contribution >= 0.6 is 0 Å². The molecule has 24 heavy (non-hydrogen) atoms. The summed E-state index contributed by atoms with van der Waals surface area (Å²) in [6.07, 6.45) is 0.359. The molecule has 2 aromatic carbocycles. The topological polar surface area (TPSA) is 71.3 Å². The van der Waals surface area contributed by atoms with E-state index in [1.807, 2.05) is 12.1 Å². The van der Waals surface area contributed by atoms with E-state index in [1.54, 1.807) is 12.1 Å². The van der Waals surface area contributed by atoms with Gasteiger partial charge < -0.3 is 14.8 Å². The third-order valence-electron chi connectivity index (χ3n) is 3.28. The summed E-state index contributed by atoms with van der Waals surface area (Å²) in [5.74, 6) is -0.163. The summed E-state index contributed by atoms with van der Waals surface area (Å²) in [6.45, 7) is 0.597. The van der Waals surface area contributed by atoms with Crippen molar-refractivity contribution in [3.8, 4) is 17.6 Å². The average Bonchev–Trinajstić information content (AvgIpc) is 2.60. The molecule has 0 saturated carbocycles. The number of nitriles is 1. The van der Waals surface area contributed by atoms with Gasteiger partial charge >= 0.3 is 0 Å². The van der Waals surface area contributed by atoms with Crippen LogP contribution in [0.25, 0.3) is 0 Å². The largest absolute Gasteiger partial charge is 0.494 e. The minimum atomic E-state index is -0.516. The first-order valence-corrected chi connectivity index (χ1v) is 7.34. The van der Waals surface area contributed by atoms with E-state index in [0.29, 0.717) is 30.9 Å². The highest BCUT2D eigenvalue weighted by atomic mass is 19.1. The minimum absolute atomic E-state index is 0.0244. The second-order valence-electron chi connectivity index (χ2n) is 4.93. The normalized spacial score (nSPS) is 9.88. The van der Waals surface area contributed by atoms with Crippen molar-refractivity contribution in [2.45, 2.75) is 6.42 Å². The number of rotatable bonds is 7. The zero-order valence-electron chi connectivity index (χ0n) is 13.2. The smallest absolute Gasteiger partial charge is 0.251 e. The first kappa shape index (κ1) is 17.3. The van der Waals surface area contributed by atoms with Gasteiger partial charge in [-0.1, -0.05) is 12.1 Å². The molecule has 0 aromatic heterocycles. The second-order valence-corrected chi connectivity index (χ2v) is 4.93. The lowest BCUT2D eigenvalue weighted by molar-refractivity contribution is 0.0946. The molecule has 2 aromatic rings. The van der Waals surface area contributed by atoms with Crippen molar-refractivity contribution in [1.29, 1.82) is 5.26 Å². The highest BCUT2D eigenvalue weighted by Gasteiger charge is 2.09. The van der Waals surface area contributed by atoms with Crippen LogP contribution in [0.5, 0.6) is 11.5 Å². The van der Waals surface area contributed by atoms with E-state index < -0.39 is 5.82 Å². The van der Waals surface area contributed by atoms with E-state index in [-0.39, 0.29) is 11.7 Å². The van der Waals surface area contributed by atoms with E-state index in [1.165, 1.54) is 25.3 Å². The van der Waals surface area contributed by atoms with Crippen LogP contribution in [-0.4, -0.2) is 26.2 Å². The van der Waals surface area contributed by atoms with Crippen LogP contribution in [0.2, 0.25) is 0 Å². The van der Waals surface area contributed by atoms with Gasteiger partial charge in [0, 0.05) is 5.56 Å². The van der Waals surface area contributed by atoms with E-state index in [2.05, 4.69) is 11.4 Å². The fraction of sp³-hybridized carbons (Fsp3) is 0.222. The van der Waals surface area contributed by atoms with Crippen molar-refractivity contribution in [3.63, 3.8) is 0 Å².